The van der Waals surface area contributed by atoms with Gasteiger partial charge in [0.1, 0.15) is 11.5 Å². The normalized spacial score (nSPS) is 12.4. The molecule has 0 aliphatic rings. The van der Waals surface area contributed by atoms with E-state index in [1.807, 2.05) is 26.0 Å². The van der Waals surface area contributed by atoms with Gasteiger partial charge in [-0.05, 0) is 32.4 Å². The third-order valence-electron chi connectivity index (χ3n) is 2.91. The van der Waals surface area contributed by atoms with Gasteiger partial charge < -0.3 is 5.73 Å². The van der Waals surface area contributed by atoms with E-state index in [1.165, 1.54) is 0 Å². The molecular formula is C14H19N5. The van der Waals surface area contributed by atoms with Gasteiger partial charge in [-0.25, -0.2) is 19.9 Å². The second kappa shape index (κ2) is 5.84. The van der Waals surface area contributed by atoms with E-state index in [2.05, 4.69) is 26.9 Å². The second-order valence-electron chi connectivity index (χ2n) is 4.69. The molecule has 2 heterocycles. The number of nitrogens with zero attached hydrogens (tertiary/aromatic N) is 4. The van der Waals surface area contributed by atoms with Crippen molar-refractivity contribution >= 4 is 0 Å². The van der Waals surface area contributed by atoms with Crippen molar-refractivity contribution in [2.45, 2.75) is 39.7 Å². The van der Waals surface area contributed by atoms with Crippen LogP contribution in [0, 0.1) is 13.8 Å². The Morgan fingerprint density at radius 3 is 2.68 bits per heavy atom. The fourth-order valence-electron chi connectivity index (χ4n) is 1.85. The molecule has 1 unspecified atom stereocenters. The van der Waals surface area contributed by atoms with Gasteiger partial charge in [0.25, 0.3) is 0 Å². The smallest absolute Gasteiger partial charge is 0.178 e. The Bertz CT molecular complexity index is 568. The van der Waals surface area contributed by atoms with E-state index in [0.717, 1.165) is 35.7 Å². The van der Waals surface area contributed by atoms with Crippen LogP contribution in [0.1, 0.15) is 30.6 Å². The Hall–Kier alpha value is -1.88. The van der Waals surface area contributed by atoms with E-state index < -0.39 is 0 Å². The van der Waals surface area contributed by atoms with Crippen LogP contribution in [0.3, 0.4) is 0 Å². The Balaban J connectivity index is 2.36. The van der Waals surface area contributed by atoms with Crippen molar-refractivity contribution in [3.8, 4) is 11.5 Å². The van der Waals surface area contributed by atoms with Crippen molar-refractivity contribution in [1.82, 2.24) is 19.9 Å². The average molecular weight is 257 g/mol. The molecule has 0 radical (unpaired) electrons. The fraction of sp³-hybridized carbons (Fsp3) is 0.429. The maximum Gasteiger partial charge on any atom is 0.178 e. The van der Waals surface area contributed by atoms with Crippen LogP contribution in [0.15, 0.2) is 18.3 Å². The van der Waals surface area contributed by atoms with Gasteiger partial charge in [-0.1, -0.05) is 6.92 Å². The van der Waals surface area contributed by atoms with Crippen molar-refractivity contribution in [3.05, 3.63) is 35.5 Å². The molecule has 0 saturated carbocycles. The fourth-order valence-corrected chi connectivity index (χ4v) is 1.85. The Morgan fingerprint density at radius 2 is 2.00 bits per heavy atom. The minimum atomic E-state index is 0.134. The minimum Gasteiger partial charge on any atom is -0.327 e. The van der Waals surface area contributed by atoms with E-state index in [-0.39, 0.29) is 6.04 Å². The summed E-state index contributed by atoms with van der Waals surface area (Å²) in [4.78, 5) is 17.4. The molecule has 0 fully saturated rings. The highest BCUT2D eigenvalue weighted by Gasteiger charge is 2.09. The van der Waals surface area contributed by atoms with Crippen molar-refractivity contribution in [3.63, 3.8) is 0 Å². The lowest BCUT2D eigenvalue weighted by molar-refractivity contribution is 0.635. The van der Waals surface area contributed by atoms with E-state index in [4.69, 9.17) is 5.73 Å². The van der Waals surface area contributed by atoms with Gasteiger partial charge in [0.2, 0.25) is 0 Å². The summed E-state index contributed by atoms with van der Waals surface area (Å²) in [7, 11) is 0. The number of aryl methyl sites for hydroxylation is 2. The summed E-state index contributed by atoms with van der Waals surface area (Å²) in [6, 6.07) is 3.94. The molecule has 5 heteroatoms. The predicted molar refractivity (Wildman–Crippen MR) is 74.5 cm³/mol. The van der Waals surface area contributed by atoms with Crippen molar-refractivity contribution in [2.24, 2.45) is 5.73 Å². The highest BCUT2D eigenvalue weighted by Crippen LogP contribution is 2.14. The minimum absolute atomic E-state index is 0.134. The van der Waals surface area contributed by atoms with Gasteiger partial charge in [-0.15, -0.1) is 0 Å². The third-order valence-corrected chi connectivity index (χ3v) is 2.91. The first-order chi connectivity index (χ1) is 9.08. The summed E-state index contributed by atoms with van der Waals surface area (Å²) in [5.74, 6) is 1.36. The van der Waals surface area contributed by atoms with Gasteiger partial charge in [0.15, 0.2) is 5.82 Å². The summed E-state index contributed by atoms with van der Waals surface area (Å²) >= 11 is 0. The topological polar surface area (TPSA) is 77.6 Å². The lowest BCUT2D eigenvalue weighted by Crippen LogP contribution is -2.22. The summed E-state index contributed by atoms with van der Waals surface area (Å²) < 4.78 is 0. The van der Waals surface area contributed by atoms with Crippen molar-refractivity contribution in [2.75, 3.05) is 0 Å². The zero-order valence-electron chi connectivity index (χ0n) is 11.6. The summed E-state index contributed by atoms with van der Waals surface area (Å²) in [6.45, 7) is 5.89. The average Bonchev–Trinajstić information content (AvgIpc) is 2.38. The molecule has 19 heavy (non-hydrogen) atoms. The molecule has 0 saturated heterocycles. The zero-order chi connectivity index (χ0) is 13.8. The quantitative estimate of drug-likeness (QED) is 0.904. The summed E-state index contributed by atoms with van der Waals surface area (Å²) in [5.41, 5.74) is 8.63. The SMILES string of the molecule is CCC(N)Cc1cc(C)nc(-c2ccnc(C)n2)n1. The molecule has 0 spiro atoms. The van der Waals surface area contributed by atoms with Gasteiger partial charge in [-0.3, -0.25) is 0 Å². The third kappa shape index (κ3) is 3.54. The standard InChI is InChI=1S/C14H19N5/c1-4-11(15)8-12-7-9(2)17-14(19-12)13-5-6-16-10(3)18-13/h5-7,11H,4,8,15H2,1-3H3. The van der Waals surface area contributed by atoms with Gasteiger partial charge in [0, 0.05) is 30.0 Å². The van der Waals surface area contributed by atoms with Crippen LogP contribution in [0.5, 0.6) is 0 Å². The lowest BCUT2D eigenvalue weighted by atomic mass is 10.1. The van der Waals surface area contributed by atoms with Crippen LogP contribution in [0.2, 0.25) is 0 Å². The molecule has 0 aromatic carbocycles. The Kier molecular flexibility index (Phi) is 4.16. The molecule has 2 N–H and O–H groups in total. The molecule has 0 aliphatic heterocycles. The molecule has 0 amide bonds. The van der Waals surface area contributed by atoms with E-state index in [0.29, 0.717) is 5.82 Å². The highest BCUT2D eigenvalue weighted by molar-refractivity contribution is 5.48. The lowest BCUT2D eigenvalue weighted by Gasteiger charge is -2.10. The van der Waals surface area contributed by atoms with Crippen LogP contribution in [0.4, 0.5) is 0 Å². The Morgan fingerprint density at radius 1 is 1.21 bits per heavy atom. The first kappa shape index (κ1) is 13.5. The number of hydrogen-bond acceptors (Lipinski definition) is 5. The number of hydrogen-bond donors (Lipinski definition) is 1. The first-order valence-corrected chi connectivity index (χ1v) is 6.48. The molecule has 2 rings (SSSR count). The summed E-state index contributed by atoms with van der Waals surface area (Å²) in [6.07, 6.45) is 3.42. The maximum atomic E-state index is 5.98. The van der Waals surface area contributed by atoms with Gasteiger partial charge >= 0.3 is 0 Å². The Labute approximate surface area is 113 Å². The number of rotatable bonds is 4. The highest BCUT2D eigenvalue weighted by atomic mass is 15.0. The number of nitrogens with two attached hydrogens (primary N) is 1. The number of aromatic nitrogens is 4. The molecule has 0 aliphatic carbocycles. The monoisotopic (exact) mass is 257 g/mol. The van der Waals surface area contributed by atoms with Gasteiger partial charge in [-0.2, -0.15) is 0 Å². The van der Waals surface area contributed by atoms with Crippen LogP contribution >= 0.6 is 0 Å². The van der Waals surface area contributed by atoms with Gasteiger partial charge in [0.05, 0.1) is 0 Å². The van der Waals surface area contributed by atoms with Crippen molar-refractivity contribution < 1.29 is 0 Å². The van der Waals surface area contributed by atoms with Crippen LogP contribution in [-0.2, 0) is 6.42 Å². The molecule has 0 bridgehead atoms. The second-order valence-corrected chi connectivity index (χ2v) is 4.69. The maximum absolute atomic E-state index is 5.98. The molecular weight excluding hydrogens is 238 g/mol. The van der Waals surface area contributed by atoms with E-state index in [1.54, 1.807) is 6.20 Å². The zero-order valence-corrected chi connectivity index (χ0v) is 11.6. The molecule has 5 nitrogen and oxygen atoms in total. The molecule has 1 atom stereocenters. The molecule has 2 aromatic heterocycles. The predicted octanol–water partition coefficient (Wildman–Crippen LogP) is 1.83. The van der Waals surface area contributed by atoms with Crippen LogP contribution in [-0.4, -0.2) is 26.0 Å². The van der Waals surface area contributed by atoms with E-state index >= 15 is 0 Å². The van der Waals surface area contributed by atoms with Crippen LogP contribution in [0.25, 0.3) is 11.5 Å². The van der Waals surface area contributed by atoms with Crippen LogP contribution < -0.4 is 5.73 Å². The molecule has 100 valence electrons. The first-order valence-electron chi connectivity index (χ1n) is 6.48. The largest absolute Gasteiger partial charge is 0.327 e. The molecule has 2 aromatic rings. The summed E-state index contributed by atoms with van der Waals surface area (Å²) in [5, 5.41) is 0. The van der Waals surface area contributed by atoms with Crippen molar-refractivity contribution in [1.29, 1.82) is 0 Å². The van der Waals surface area contributed by atoms with E-state index in [9.17, 15) is 0 Å².